The minimum Gasteiger partial charge on any atom is -0.307 e. The van der Waals surface area contributed by atoms with Crippen LogP contribution in [0.1, 0.15) is 6.92 Å². The van der Waals surface area contributed by atoms with Crippen LogP contribution in [0.3, 0.4) is 0 Å². The second-order valence-electron chi connectivity index (χ2n) is 3.46. The van der Waals surface area contributed by atoms with Crippen molar-refractivity contribution in [3.05, 3.63) is 30.3 Å². The fourth-order valence-corrected chi connectivity index (χ4v) is 1.34. The molecule has 0 radical (unpaired) electrons. The number of hydrogen-bond donors (Lipinski definition) is 0. The molecule has 0 aliphatic carbocycles. The van der Waals surface area contributed by atoms with E-state index in [0.29, 0.717) is 4.90 Å². The quantitative estimate of drug-likeness (QED) is 0.770. The molecule has 1 rings (SSSR count). The third-order valence-corrected chi connectivity index (χ3v) is 2.25. The van der Waals surface area contributed by atoms with E-state index in [1.807, 2.05) is 0 Å². The van der Waals surface area contributed by atoms with Crippen LogP contribution in [0, 0.1) is 0 Å². The second-order valence-corrected chi connectivity index (χ2v) is 3.46. The van der Waals surface area contributed by atoms with E-state index in [-0.39, 0.29) is 12.2 Å². The number of amides is 1. The minimum atomic E-state index is -5.90. The molecule has 0 fully saturated rings. The molecule has 0 bridgehead atoms. The summed E-state index contributed by atoms with van der Waals surface area (Å²) >= 11 is 0. The van der Waals surface area contributed by atoms with Gasteiger partial charge in [-0.15, -0.1) is 0 Å². The van der Waals surface area contributed by atoms with Crippen LogP contribution in [-0.2, 0) is 4.79 Å². The van der Waals surface area contributed by atoms with E-state index in [4.69, 9.17) is 0 Å². The van der Waals surface area contributed by atoms with Gasteiger partial charge in [0.1, 0.15) is 0 Å². The van der Waals surface area contributed by atoms with Crippen LogP contribution in [0.25, 0.3) is 0 Å². The van der Waals surface area contributed by atoms with E-state index in [0.717, 1.165) is 0 Å². The summed E-state index contributed by atoms with van der Waals surface area (Å²) in [5.41, 5.74) is -0.00562. The zero-order valence-corrected chi connectivity index (χ0v) is 9.34. The Hall–Kier alpha value is -1.66. The average molecular weight is 267 g/mol. The molecule has 2 nitrogen and oxygen atoms in total. The van der Waals surface area contributed by atoms with Gasteiger partial charge in [-0.2, -0.15) is 22.0 Å². The van der Waals surface area contributed by atoms with Crippen LogP contribution in [0.5, 0.6) is 0 Å². The molecule has 1 aromatic rings. The van der Waals surface area contributed by atoms with Gasteiger partial charge in [0.05, 0.1) is 0 Å². The van der Waals surface area contributed by atoms with Crippen LogP contribution >= 0.6 is 0 Å². The summed E-state index contributed by atoms with van der Waals surface area (Å²) in [5.74, 6) is -7.66. The molecule has 100 valence electrons. The molecule has 0 saturated carbocycles. The third kappa shape index (κ3) is 2.60. The van der Waals surface area contributed by atoms with Gasteiger partial charge in [0.25, 0.3) is 0 Å². The number of rotatable bonds is 3. The smallest absolute Gasteiger partial charge is 0.307 e. The maximum absolute atomic E-state index is 12.9. The fourth-order valence-electron chi connectivity index (χ4n) is 1.34. The Labute approximate surface area is 100 Å². The molecule has 0 N–H and O–H groups in total. The molecule has 0 atom stereocenters. The first-order chi connectivity index (χ1) is 8.21. The second kappa shape index (κ2) is 4.91. The lowest BCUT2D eigenvalue weighted by Crippen LogP contribution is -2.52. The first-order valence-electron chi connectivity index (χ1n) is 5.03. The zero-order valence-electron chi connectivity index (χ0n) is 9.34. The van der Waals surface area contributed by atoms with Crippen LogP contribution in [0.4, 0.5) is 27.6 Å². The summed E-state index contributed by atoms with van der Waals surface area (Å²) in [6, 6.07) is 7.01. The number of carbonyl (C=O) groups excluding carboxylic acids is 1. The Morgan fingerprint density at radius 3 is 2.00 bits per heavy atom. The van der Waals surface area contributed by atoms with Gasteiger partial charge in [-0.1, -0.05) is 18.2 Å². The molecular weight excluding hydrogens is 257 g/mol. The van der Waals surface area contributed by atoms with E-state index < -0.39 is 18.0 Å². The summed E-state index contributed by atoms with van der Waals surface area (Å²) in [6.45, 7) is 1.03. The molecule has 7 heteroatoms. The lowest BCUT2D eigenvalue weighted by Gasteiger charge is -2.27. The highest BCUT2D eigenvalue weighted by molar-refractivity contribution is 5.98. The van der Waals surface area contributed by atoms with Gasteiger partial charge in [-0.25, -0.2) is 0 Å². The van der Waals surface area contributed by atoms with E-state index in [2.05, 4.69) is 0 Å². The van der Waals surface area contributed by atoms with E-state index >= 15 is 0 Å². The molecular formula is C11H10F5NO. The van der Waals surface area contributed by atoms with Gasteiger partial charge in [0.15, 0.2) is 0 Å². The van der Waals surface area contributed by atoms with Crippen molar-refractivity contribution in [2.24, 2.45) is 0 Å². The Kier molecular flexibility index (Phi) is 3.93. The van der Waals surface area contributed by atoms with E-state index in [9.17, 15) is 26.7 Å². The Balaban J connectivity index is 3.08. The average Bonchev–Trinajstić information content (AvgIpc) is 2.29. The molecule has 0 aromatic heterocycles. The Morgan fingerprint density at radius 1 is 1.11 bits per heavy atom. The number of para-hydroxylation sites is 1. The van der Waals surface area contributed by atoms with Gasteiger partial charge in [0, 0.05) is 12.2 Å². The van der Waals surface area contributed by atoms with Gasteiger partial charge in [-0.05, 0) is 19.1 Å². The number of anilines is 1. The van der Waals surface area contributed by atoms with Crippen molar-refractivity contribution in [3.63, 3.8) is 0 Å². The molecule has 0 saturated heterocycles. The van der Waals surface area contributed by atoms with Crippen molar-refractivity contribution in [2.75, 3.05) is 11.4 Å². The molecule has 0 aliphatic rings. The highest BCUT2D eigenvalue weighted by atomic mass is 19.4. The summed E-state index contributed by atoms with van der Waals surface area (Å²) in [7, 11) is 0. The van der Waals surface area contributed by atoms with E-state index in [1.54, 1.807) is 6.07 Å². The molecule has 0 heterocycles. The standard InChI is InChI=1S/C11H10F5NO/c1-2-17(8-6-4-3-5-7-8)9(18)10(12,13)11(14,15)16/h3-7H,2H2,1H3. The predicted octanol–water partition coefficient (Wildman–Crippen LogP) is 3.24. The SMILES string of the molecule is CCN(C(=O)C(F)(F)C(F)(F)F)c1ccccc1. The van der Waals surface area contributed by atoms with Crippen molar-refractivity contribution < 1.29 is 26.7 Å². The number of alkyl halides is 5. The zero-order chi connectivity index (χ0) is 14.0. The summed E-state index contributed by atoms with van der Waals surface area (Å²) in [6.07, 6.45) is -5.90. The van der Waals surface area contributed by atoms with Crippen LogP contribution in [-0.4, -0.2) is 24.6 Å². The number of nitrogens with zero attached hydrogens (tertiary/aromatic N) is 1. The first-order valence-corrected chi connectivity index (χ1v) is 5.03. The monoisotopic (exact) mass is 267 g/mol. The summed E-state index contributed by atoms with van der Waals surface area (Å²) in [4.78, 5) is 11.7. The maximum atomic E-state index is 12.9. The van der Waals surface area contributed by atoms with Gasteiger partial charge in [0.2, 0.25) is 0 Å². The molecule has 18 heavy (non-hydrogen) atoms. The van der Waals surface area contributed by atoms with Crippen molar-refractivity contribution in [2.45, 2.75) is 19.0 Å². The van der Waals surface area contributed by atoms with Crippen molar-refractivity contribution >= 4 is 11.6 Å². The molecule has 0 spiro atoms. The number of hydrogen-bond acceptors (Lipinski definition) is 1. The van der Waals surface area contributed by atoms with Crippen LogP contribution in [0.2, 0.25) is 0 Å². The van der Waals surface area contributed by atoms with E-state index in [1.165, 1.54) is 31.2 Å². The van der Waals surface area contributed by atoms with Crippen molar-refractivity contribution in [3.8, 4) is 0 Å². The largest absolute Gasteiger partial charge is 0.463 e. The number of halogens is 5. The molecule has 1 aromatic carbocycles. The highest BCUT2D eigenvalue weighted by Gasteiger charge is 2.64. The first kappa shape index (κ1) is 14.4. The Bertz CT molecular complexity index is 415. The summed E-state index contributed by atoms with van der Waals surface area (Å²) in [5, 5.41) is 0. The molecule has 0 unspecified atom stereocenters. The van der Waals surface area contributed by atoms with Crippen molar-refractivity contribution in [1.29, 1.82) is 0 Å². The number of carbonyl (C=O) groups is 1. The van der Waals surface area contributed by atoms with Gasteiger partial charge >= 0.3 is 18.0 Å². The van der Waals surface area contributed by atoms with Gasteiger partial charge < -0.3 is 4.90 Å². The maximum Gasteiger partial charge on any atom is 0.463 e. The predicted molar refractivity (Wildman–Crippen MR) is 55.5 cm³/mol. The fraction of sp³-hybridized carbons (Fsp3) is 0.364. The van der Waals surface area contributed by atoms with Crippen LogP contribution < -0.4 is 4.90 Å². The minimum absolute atomic E-state index is 0.00562. The lowest BCUT2D eigenvalue weighted by molar-refractivity contribution is -0.268. The van der Waals surface area contributed by atoms with Crippen LogP contribution in [0.15, 0.2) is 30.3 Å². The lowest BCUT2D eigenvalue weighted by atomic mass is 10.2. The summed E-state index contributed by atoms with van der Waals surface area (Å²) < 4.78 is 62.2. The Morgan fingerprint density at radius 2 is 1.61 bits per heavy atom. The molecule has 0 aliphatic heterocycles. The van der Waals surface area contributed by atoms with Gasteiger partial charge in [-0.3, -0.25) is 4.79 Å². The normalized spacial score (nSPS) is 12.3. The molecule has 1 amide bonds. The van der Waals surface area contributed by atoms with Crippen molar-refractivity contribution in [1.82, 2.24) is 0 Å². The topological polar surface area (TPSA) is 20.3 Å². The highest BCUT2D eigenvalue weighted by Crippen LogP contribution is 2.37. The third-order valence-electron chi connectivity index (χ3n) is 2.25. The number of benzene rings is 1.